The fourth-order valence-corrected chi connectivity index (χ4v) is 3.29. The van der Waals surface area contributed by atoms with Crippen LogP contribution in [0.4, 0.5) is 0 Å². The third-order valence-corrected chi connectivity index (χ3v) is 3.95. The summed E-state index contributed by atoms with van der Waals surface area (Å²) in [5.74, 6) is 2.27. The van der Waals surface area contributed by atoms with E-state index < -0.39 is 0 Å². The zero-order valence-electron chi connectivity index (χ0n) is 7.56. The van der Waals surface area contributed by atoms with Crippen LogP contribution in [-0.4, -0.2) is 0 Å². The monoisotopic (exact) mass is 158 g/mol. The molecule has 3 rings (SSSR count). The van der Waals surface area contributed by atoms with Gasteiger partial charge in [0.05, 0.1) is 0 Å². The Bertz CT molecular complexity index is 330. The number of allylic oxidation sites excluding steroid dienone is 4. The first-order chi connectivity index (χ1) is 5.70. The van der Waals surface area contributed by atoms with Gasteiger partial charge < -0.3 is 0 Å². The number of hydrogen-bond donors (Lipinski definition) is 0. The fraction of sp³-hybridized carbons (Fsp3) is 0.500. The van der Waals surface area contributed by atoms with Crippen molar-refractivity contribution in [3.05, 3.63) is 35.5 Å². The Kier molecular flexibility index (Phi) is 0.983. The van der Waals surface area contributed by atoms with E-state index in [-0.39, 0.29) is 0 Å². The molecule has 0 aliphatic heterocycles. The molecular weight excluding hydrogens is 144 g/mol. The van der Waals surface area contributed by atoms with Crippen molar-refractivity contribution in [1.29, 1.82) is 0 Å². The van der Waals surface area contributed by atoms with Gasteiger partial charge in [0.2, 0.25) is 0 Å². The normalized spacial score (nSPS) is 43.6. The van der Waals surface area contributed by atoms with Crippen LogP contribution in [0.2, 0.25) is 0 Å². The summed E-state index contributed by atoms with van der Waals surface area (Å²) in [6.45, 7) is 10.6. The molecule has 3 aliphatic carbocycles. The molecule has 3 aliphatic rings. The van der Waals surface area contributed by atoms with Crippen LogP contribution in [0.15, 0.2) is 35.5 Å². The second-order valence-corrected chi connectivity index (χ2v) is 4.48. The highest BCUT2D eigenvalue weighted by Gasteiger charge is 2.49. The maximum Gasteiger partial charge on any atom is 0.00596 e. The van der Waals surface area contributed by atoms with Crippen LogP contribution in [0, 0.1) is 17.8 Å². The fourth-order valence-electron chi connectivity index (χ4n) is 3.29. The lowest BCUT2D eigenvalue weighted by Crippen LogP contribution is -2.22. The van der Waals surface area contributed by atoms with E-state index in [1.54, 1.807) is 11.1 Å². The summed E-state index contributed by atoms with van der Waals surface area (Å²) >= 11 is 0. The van der Waals surface area contributed by atoms with Crippen LogP contribution >= 0.6 is 0 Å². The van der Waals surface area contributed by atoms with Crippen LogP contribution in [0.25, 0.3) is 0 Å². The second kappa shape index (κ2) is 1.76. The van der Waals surface area contributed by atoms with Gasteiger partial charge in [0.25, 0.3) is 0 Å². The molecule has 3 atom stereocenters. The molecule has 2 bridgehead atoms. The zero-order valence-corrected chi connectivity index (χ0v) is 7.56. The van der Waals surface area contributed by atoms with Crippen LogP contribution in [0.3, 0.4) is 0 Å². The maximum absolute atomic E-state index is 4.14. The predicted octanol–water partition coefficient (Wildman–Crippen LogP) is 3.08. The lowest BCUT2D eigenvalue weighted by Gasteiger charge is -2.36. The van der Waals surface area contributed by atoms with Crippen molar-refractivity contribution in [2.75, 3.05) is 0 Å². The summed E-state index contributed by atoms with van der Waals surface area (Å²) in [4.78, 5) is 0. The van der Waals surface area contributed by atoms with E-state index in [0.717, 1.165) is 5.92 Å². The van der Waals surface area contributed by atoms with Crippen molar-refractivity contribution in [1.82, 2.24) is 0 Å². The molecule has 0 aromatic rings. The minimum absolute atomic E-state index is 0.709. The highest BCUT2D eigenvalue weighted by atomic mass is 14.5. The van der Waals surface area contributed by atoms with Gasteiger partial charge in [-0.25, -0.2) is 0 Å². The summed E-state index contributed by atoms with van der Waals surface area (Å²) in [6.07, 6.45) is 2.65. The number of rotatable bonds is 0. The second-order valence-electron chi connectivity index (χ2n) is 4.48. The first-order valence-corrected chi connectivity index (χ1v) is 4.81. The van der Waals surface area contributed by atoms with Crippen LogP contribution < -0.4 is 0 Å². The van der Waals surface area contributed by atoms with Gasteiger partial charge in [-0.05, 0) is 29.9 Å². The summed E-state index contributed by atoms with van der Waals surface area (Å²) in [5.41, 5.74) is 6.14. The van der Waals surface area contributed by atoms with Crippen molar-refractivity contribution >= 4 is 0 Å². The first kappa shape index (κ1) is 6.71. The lowest BCUT2D eigenvalue weighted by molar-refractivity contribution is 0.529. The summed E-state index contributed by atoms with van der Waals surface area (Å²) in [5, 5.41) is 0. The van der Waals surface area contributed by atoms with Crippen molar-refractivity contribution in [2.24, 2.45) is 17.8 Å². The Hall–Kier alpha value is -0.780. The molecule has 0 saturated heterocycles. The van der Waals surface area contributed by atoms with Crippen molar-refractivity contribution < 1.29 is 0 Å². The van der Waals surface area contributed by atoms with E-state index in [0.29, 0.717) is 11.8 Å². The van der Waals surface area contributed by atoms with E-state index in [9.17, 15) is 0 Å². The molecule has 0 heterocycles. The van der Waals surface area contributed by atoms with Crippen LogP contribution in [0.5, 0.6) is 0 Å². The van der Waals surface area contributed by atoms with Crippen molar-refractivity contribution in [3.8, 4) is 0 Å². The molecule has 0 spiro atoms. The van der Waals surface area contributed by atoms with Gasteiger partial charge in [0.15, 0.2) is 0 Å². The smallest absolute Gasteiger partial charge is 0.00596 e. The standard InChI is InChI=1S/C12H14/c1-6-4-11-9-5-10(12(6)11)8(3)7(9)2/h6,9-10H,2-5H2,1H3. The molecule has 12 heavy (non-hydrogen) atoms. The Morgan fingerprint density at radius 1 is 1.17 bits per heavy atom. The van der Waals surface area contributed by atoms with Gasteiger partial charge in [-0.1, -0.05) is 31.2 Å². The number of hydrogen-bond acceptors (Lipinski definition) is 0. The average molecular weight is 158 g/mol. The van der Waals surface area contributed by atoms with E-state index in [4.69, 9.17) is 0 Å². The molecule has 0 nitrogen and oxygen atoms in total. The molecule has 1 fully saturated rings. The van der Waals surface area contributed by atoms with E-state index in [2.05, 4.69) is 20.1 Å². The molecule has 0 N–H and O–H groups in total. The molecule has 0 aromatic carbocycles. The molecule has 1 saturated carbocycles. The highest BCUT2D eigenvalue weighted by Crippen LogP contribution is 2.62. The van der Waals surface area contributed by atoms with Gasteiger partial charge >= 0.3 is 0 Å². The quantitative estimate of drug-likeness (QED) is 0.475. The zero-order chi connectivity index (χ0) is 8.46. The minimum atomic E-state index is 0.709. The van der Waals surface area contributed by atoms with Gasteiger partial charge in [-0.3, -0.25) is 0 Å². The van der Waals surface area contributed by atoms with Gasteiger partial charge in [0.1, 0.15) is 0 Å². The maximum atomic E-state index is 4.14. The van der Waals surface area contributed by atoms with Gasteiger partial charge in [0, 0.05) is 11.8 Å². The lowest BCUT2D eigenvalue weighted by atomic mass is 9.69. The van der Waals surface area contributed by atoms with Gasteiger partial charge in [-0.2, -0.15) is 0 Å². The molecule has 0 amide bonds. The topological polar surface area (TPSA) is 0 Å². The number of fused-ring (bicyclic) bond motifs is 4. The largest absolute Gasteiger partial charge is 0.0949 e. The minimum Gasteiger partial charge on any atom is -0.0949 e. The third-order valence-electron chi connectivity index (χ3n) is 3.95. The summed E-state index contributed by atoms with van der Waals surface area (Å²) in [6, 6.07) is 0. The van der Waals surface area contributed by atoms with Gasteiger partial charge in [-0.15, -0.1) is 0 Å². The predicted molar refractivity (Wildman–Crippen MR) is 50.7 cm³/mol. The van der Waals surface area contributed by atoms with Crippen molar-refractivity contribution in [2.45, 2.75) is 19.8 Å². The van der Waals surface area contributed by atoms with E-state index in [1.165, 1.54) is 24.0 Å². The molecule has 0 radical (unpaired) electrons. The Morgan fingerprint density at radius 2 is 1.83 bits per heavy atom. The van der Waals surface area contributed by atoms with E-state index >= 15 is 0 Å². The highest BCUT2D eigenvalue weighted by molar-refractivity contribution is 5.57. The molecule has 0 aromatic heterocycles. The average Bonchev–Trinajstić information content (AvgIpc) is 2.45. The van der Waals surface area contributed by atoms with E-state index in [1.807, 2.05) is 0 Å². The molecular formula is C12H14. The Morgan fingerprint density at radius 3 is 2.50 bits per heavy atom. The summed E-state index contributed by atoms with van der Waals surface area (Å²) < 4.78 is 0. The van der Waals surface area contributed by atoms with Crippen molar-refractivity contribution in [3.63, 3.8) is 0 Å². The third kappa shape index (κ3) is 0.502. The SMILES string of the molecule is C=C1C(=C)C2CC1C1=C2C(C)C1. The molecule has 62 valence electrons. The Balaban J connectivity index is 2.14. The molecule has 3 unspecified atom stereocenters. The first-order valence-electron chi connectivity index (χ1n) is 4.81. The van der Waals surface area contributed by atoms with Crippen LogP contribution in [-0.2, 0) is 0 Å². The summed E-state index contributed by atoms with van der Waals surface area (Å²) in [7, 11) is 0. The van der Waals surface area contributed by atoms with Crippen LogP contribution in [0.1, 0.15) is 19.8 Å². The molecule has 0 heteroatoms. The Labute approximate surface area is 73.7 Å².